The second-order valence-corrected chi connectivity index (χ2v) is 7.50. The Hall–Kier alpha value is -1.55. The summed E-state index contributed by atoms with van der Waals surface area (Å²) in [4.78, 5) is 18.6. The van der Waals surface area contributed by atoms with Gasteiger partial charge in [0, 0.05) is 19.6 Å². The molecule has 0 bridgehead atoms. The first kappa shape index (κ1) is 26.5. The Kier molecular flexibility index (Phi) is 12.1. The van der Waals surface area contributed by atoms with E-state index in [1.807, 2.05) is 31.2 Å². The number of aliphatic hydroxyl groups is 1. The van der Waals surface area contributed by atoms with Gasteiger partial charge >= 0.3 is 0 Å². The number of benzene rings is 1. The van der Waals surface area contributed by atoms with E-state index in [2.05, 4.69) is 29.5 Å². The molecule has 0 saturated heterocycles. The van der Waals surface area contributed by atoms with Gasteiger partial charge in [-0.25, -0.2) is 0 Å². The first-order valence-corrected chi connectivity index (χ1v) is 10.8. The Bertz CT molecular complexity index is 678. The average molecular weight is 532 g/mol. The molecule has 7 nitrogen and oxygen atoms in total. The summed E-state index contributed by atoms with van der Waals surface area (Å²) in [5.74, 6) is 1.43. The van der Waals surface area contributed by atoms with Gasteiger partial charge in [0.05, 0.1) is 17.8 Å². The predicted octanol–water partition coefficient (Wildman–Crippen LogP) is 3.31. The SMILES string of the molecule is CCCC(O)(CCC)CN=C(NCC)NCCCN1C(=O)COc2ccccc21.I. The maximum atomic E-state index is 12.2. The Morgan fingerprint density at radius 1 is 1.20 bits per heavy atom. The second-order valence-electron chi connectivity index (χ2n) is 7.50. The lowest BCUT2D eigenvalue weighted by Gasteiger charge is -2.29. The van der Waals surface area contributed by atoms with Crippen molar-refractivity contribution < 1.29 is 14.6 Å². The minimum Gasteiger partial charge on any atom is -0.482 e. The molecule has 0 radical (unpaired) electrons. The maximum absolute atomic E-state index is 12.2. The number of carbonyl (C=O) groups excluding carboxylic acids is 1. The molecule has 0 saturated carbocycles. The zero-order valence-electron chi connectivity index (χ0n) is 18.4. The number of rotatable bonds is 11. The molecular weight excluding hydrogens is 495 g/mol. The molecule has 1 heterocycles. The van der Waals surface area contributed by atoms with E-state index in [1.165, 1.54) is 0 Å². The highest BCUT2D eigenvalue weighted by molar-refractivity contribution is 14.0. The van der Waals surface area contributed by atoms with Crippen LogP contribution in [0.5, 0.6) is 5.75 Å². The highest BCUT2D eigenvalue weighted by Crippen LogP contribution is 2.31. The number of nitrogens with zero attached hydrogens (tertiary/aromatic N) is 2. The monoisotopic (exact) mass is 532 g/mol. The van der Waals surface area contributed by atoms with Gasteiger partial charge in [-0.3, -0.25) is 9.79 Å². The van der Waals surface area contributed by atoms with Crippen LogP contribution in [0, 0.1) is 0 Å². The normalized spacial score (nSPS) is 13.9. The van der Waals surface area contributed by atoms with Crippen molar-refractivity contribution in [2.24, 2.45) is 4.99 Å². The summed E-state index contributed by atoms with van der Waals surface area (Å²) in [6.07, 6.45) is 4.15. The van der Waals surface area contributed by atoms with Crippen molar-refractivity contribution in [1.29, 1.82) is 0 Å². The number of hydrogen-bond donors (Lipinski definition) is 3. The molecule has 30 heavy (non-hydrogen) atoms. The molecule has 0 atom stereocenters. The summed E-state index contributed by atoms with van der Waals surface area (Å²) in [7, 11) is 0. The summed E-state index contributed by atoms with van der Waals surface area (Å²) < 4.78 is 5.49. The number of amides is 1. The molecule has 1 aromatic rings. The molecule has 1 aliphatic heterocycles. The fourth-order valence-corrected chi connectivity index (χ4v) is 3.62. The fraction of sp³-hybridized carbons (Fsp3) is 0.636. The van der Waals surface area contributed by atoms with Crippen molar-refractivity contribution in [1.82, 2.24) is 10.6 Å². The Morgan fingerprint density at radius 2 is 1.90 bits per heavy atom. The van der Waals surface area contributed by atoms with Crippen molar-refractivity contribution in [2.45, 2.75) is 58.5 Å². The van der Waals surface area contributed by atoms with E-state index in [0.29, 0.717) is 25.6 Å². The third kappa shape index (κ3) is 7.94. The number of guanidine groups is 1. The maximum Gasteiger partial charge on any atom is 0.265 e. The highest BCUT2D eigenvalue weighted by Gasteiger charge is 2.25. The number of ether oxygens (including phenoxy) is 1. The molecule has 2 rings (SSSR count). The van der Waals surface area contributed by atoms with E-state index in [-0.39, 0.29) is 36.5 Å². The van der Waals surface area contributed by atoms with Gasteiger partial charge in [0.25, 0.3) is 5.91 Å². The van der Waals surface area contributed by atoms with Crippen LogP contribution in [0.4, 0.5) is 5.69 Å². The van der Waals surface area contributed by atoms with Gasteiger partial charge in [-0.15, -0.1) is 24.0 Å². The molecule has 0 aliphatic carbocycles. The Morgan fingerprint density at radius 3 is 2.57 bits per heavy atom. The molecule has 8 heteroatoms. The van der Waals surface area contributed by atoms with Gasteiger partial charge in [0.15, 0.2) is 12.6 Å². The molecule has 1 aromatic carbocycles. The van der Waals surface area contributed by atoms with E-state index in [4.69, 9.17) is 4.74 Å². The highest BCUT2D eigenvalue weighted by atomic mass is 127. The first-order valence-electron chi connectivity index (χ1n) is 10.8. The van der Waals surface area contributed by atoms with Crippen molar-refractivity contribution in [3.8, 4) is 5.75 Å². The number of para-hydroxylation sites is 2. The van der Waals surface area contributed by atoms with Gasteiger partial charge in [0.1, 0.15) is 5.75 Å². The third-order valence-corrected chi connectivity index (χ3v) is 4.97. The standard InChI is InChI=1S/C22H36N4O3.HI/c1-4-12-22(28,13-5-2)17-25-21(23-6-3)24-14-9-15-26-18-10-7-8-11-19(18)29-16-20(26)27;/h7-8,10-11,28H,4-6,9,12-17H2,1-3H3,(H2,23,24,25);1H. The van der Waals surface area contributed by atoms with Crippen LogP contribution in [0.3, 0.4) is 0 Å². The molecule has 1 amide bonds. The average Bonchev–Trinajstić information content (AvgIpc) is 2.71. The quantitative estimate of drug-likeness (QED) is 0.176. The van der Waals surface area contributed by atoms with Gasteiger partial charge in [-0.05, 0) is 38.3 Å². The summed E-state index contributed by atoms with van der Waals surface area (Å²) in [5, 5.41) is 17.3. The Labute approximate surface area is 197 Å². The number of aliphatic imine (C=N–C) groups is 1. The minimum atomic E-state index is -0.740. The number of hydrogen-bond acceptors (Lipinski definition) is 4. The number of carbonyl (C=O) groups is 1. The van der Waals surface area contributed by atoms with Crippen LogP contribution in [-0.2, 0) is 4.79 Å². The van der Waals surface area contributed by atoms with Crippen LogP contribution in [0.2, 0.25) is 0 Å². The largest absolute Gasteiger partial charge is 0.482 e. The molecular formula is C22H37IN4O3. The van der Waals surface area contributed by atoms with Crippen LogP contribution in [-0.4, -0.2) is 55.4 Å². The zero-order chi connectivity index (χ0) is 21.1. The lowest BCUT2D eigenvalue weighted by atomic mass is 9.93. The van der Waals surface area contributed by atoms with Gasteiger partial charge in [0.2, 0.25) is 0 Å². The van der Waals surface area contributed by atoms with Crippen LogP contribution in [0.25, 0.3) is 0 Å². The van der Waals surface area contributed by atoms with Gasteiger partial charge in [-0.2, -0.15) is 0 Å². The van der Waals surface area contributed by atoms with E-state index < -0.39 is 5.60 Å². The van der Waals surface area contributed by atoms with Crippen LogP contribution in [0.1, 0.15) is 52.9 Å². The molecule has 0 spiro atoms. The number of fused-ring (bicyclic) bond motifs is 1. The first-order chi connectivity index (χ1) is 14.0. The lowest BCUT2D eigenvalue weighted by molar-refractivity contribution is -0.121. The number of nitrogens with one attached hydrogen (secondary N) is 2. The van der Waals surface area contributed by atoms with Gasteiger partial charge in [-0.1, -0.05) is 38.8 Å². The van der Waals surface area contributed by atoms with Crippen LogP contribution >= 0.6 is 24.0 Å². The van der Waals surface area contributed by atoms with Crippen molar-refractivity contribution in [2.75, 3.05) is 37.7 Å². The van der Waals surface area contributed by atoms with Crippen molar-refractivity contribution >= 4 is 41.5 Å². The predicted molar refractivity (Wildman–Crippen MR) is 133 cm³/mol. The third-order valence-electron chi connectivity index (χ3n) is 4.97. The lowest BCUT2D eigenvalue weighted by Crippen LogP contribution is -2.43. The second kappa shape index (κ2) is 13.7. The summed E-state index contributed by atoms with van der Waals surface area (Å²) in [6, 6.07) is 7.62. The summed E-state index contributed by atoms with van der Waals surface area (Å²) in [6.45, 7) is 8.70. The molecule has 1 aliphatic rings. The van der Waals surface area contributed by atoms with Crippen LogP contribution < -0.4 is 20.3 Å². The fourth-order valence-electron chi connectivity index (χ4n) is 3.62. The van der Waals surface area contributed by atoms with Crippen molar-refractivity contribution in [3.63, 3.8) is 0 Å². The molecule has 0 unspecified atom stereocenters. The Balaban J connectivity index is 0.00000450. The van der Waals surface area contributed by atoms with E-state index in [1.54, 1.807) is 4.90 Å². The molecule has 0 aromatic heterocycles. The van der Waals surface area contributed by atoms with Crippen molar-refractivity contribution in [3.05, 3.63) is 24.3 Å². The molecule has 0 fully saturated rings. The molecule has 3 N–H and O–H groups in total. The van der Waals surface area contributed by atoms with E-state index in [9.17, 15) is 9.90 Å². The number of anilines is 1. The topological polar surface area (TPSA) is 86.2 Å². The smallest absolute Gasteiger partial charge is 0.265 e. The van der Waals surface area contributed by atoms with Gasteiger partial charge < -0.3 is 25.4 Å². The minimum absolute atomic E-state index is 0. The summed E-state index contributed by atoms with van der Waals surface area (Å²) in [5.41, 5.74) is 0.0870. The van der Waals surface area contributed by atoms with E-state index >= 15 is 0 Å². The zero-order valence-corrected chi connectivity index (χ0v) is 20.8. The number of halogens is 1. The van der Waals surface area contributed by atoms with E-state index in [0.717, 1.165) is 50.1 Å². The molecule has 170 valence electrons. The summed E-state index contributed by atoms with van der Waals surface area (Å²) >= 11 is 0. The van der Waals surface area contributed by atoms with Crippen LogP contribution in [0.15, 0.2) is 29.3 Å².